The van der Waals surface area contributed by atoms with Crippen molar-refractivity contribution in [3.8, 4) is 0 Å². The molecule has 0 aliphatic carbocycles. The van der Waals surface area contributed by atoms with Crippen LogP contribution in [0.4, 0.5) is 0 Å². The molecule has 1 aromatic rings. The molecule has 1 fully saturated rings. The van der Waals surface area contributed by atoms with E-state index in [0.29, 0.717) is 0 Å². The summed E-state index contributed by atoms with van der Waals surface area (Å²) in [4.78, 5) is 2.30. The molecule has 3 heteroatoms. The van der Waals surface area contributed by atoms with Gasteiger partial charge in [0.25, 0.3) is 0 Å². The van der Waals surface area contributed by atoms with Crippen LogP contribution in [-0.4, -0.2) is 30.2 Å². The molecule has 0 amide bonds. The molecule has 2 rings (SSSR count). The van der Waals surface area contributed by atoms with Crippen molar-refractivity contribution in [1.82, 2.24) is 10.1 Å². The van der Waals surface area contributed by atoms with Crippen LogP contribution in [0.1, 0.15) is 17.9 Å². The largest absolute Gasteiger partial charge is 0.357 e. The van der Waals surface area contributed by atoms with Crippen molar-refractivity contribution in [3.05, 3.63) is 23.1 Å². The number of aromatic nitrogens is 1. The molecule has 0 bridgehead atoms. The van der Waals surface area contributed by atoms with Crippen LogP contribution in [-0.2, 0) is 0 Å². The number of likely N-dealkylation sites (tertiary alicyclic amines) is 1. The second-order valence-corrected chi connectivity index (χ2v) is 3.66. The van der Waals surface area contributed by atoms with Gasteiger partial charge in [0.05, 0.1) is 5.69 Å². The molecule has 0 radical (unpaired) electrons. The smallest absolute Gasteiger partial charge is 0.159 e. The molecule has 3 nitrogen and oxygen atoms in total. The van der Waals surface area contributed by atoms with Crippen molar-refractivity contribution in [1.29, 1.82) is 0 Å². The summed E-state index contributed by atoms with van der Waals surface area (Å²) in [6.45, 7) is 4.14. The zero-order valence-electron chi connectivity index (χ0n) is 8.08. The topological polar surface area (TPSA) is 29.3 Å². The molecule has 2 heterocycles. The van der Waals surface area contributed by atoms with Crippen molar-refractivity contribution >= 4 is 6.08 Å². The molecule has 1 aliphatic rings. The van der Waals surface area contributed by atoms with Gasteiger partial charge in [0.1, 0.15) is 0 Å². The Hall–Kier alpha value is -1.09. The lowest BCUT2D eigenvalue weighted by Gasteiger charge is -2.01. The van der Waals surface area contributed by atoms with E-state index in [0.717, 1.165) is 31.0 Å². The fourth-order valence-electron chi connectivity index (χ4n) is 1.61. The average molecular weight is 178 g/mol. The predicted molar refractivity (Wildman–Crippen MR) is 51.3 cm³/mol. The minimum absolute atomic E-state index is 0.878. The number of likely N-dealkylation sites (N-methyl/N-ethyl adjacent to an activating group) is 1. The first-order valence-electron chi connectivity index (χ1n) is 4.55. The molecule has 13 heavy (non-hydrogen) atoms. The Labute approximate surface area is 78.0 Å². The Balaban J connectivity index is 2.12. The lowest BCUT2D eigenvalue weighted by Crippen LogP contribution is -2.11. The predicted octanol–water partition coefficient (Wildman–Crippen LogP) is 1.70. The quantitative estimate of drug-likeness (QED) is 0.655. The van der Waals surface area contributed by atoms with Gasteiger partial charge in [0.2, 0.25) is 0 Å². The van der Waals surface area contributed by atoms with Gasteiger partial charge in [0.15, 0.2) is 5.76 Å². The van der Waals surface area contributed by atoms with Crippen molar-refractivity contribution < 1.29 is 4.52 Å². The van der Waals surface area contributed by atoms with Crippen LogP contribution < -0.4 is 0 Å². The SMILES string of the molecule is Cc1cc(/C=C2\CCN(C)C2)on1. The molecular weight excluding hydrogens is 164 g/mol. The van der Waals surface area contributed by atoms with Gasteiger partial charge in [-0.25, -0.2) is 0 Å². The highest BCUT2D eigenvalue weighted by Gasteiger charge is 2.12. The molecule has 1 saturated heterocycles. The third-order valence-corrected chi connectivity index (χ3v) is 2.28. The Bertz CT molecular complexity index is 327. The van der Waals surface area contributed by atoms with Crippen molar-refractivity contribution in [2.45, 2.75) is 13.3 Å². The first kappa shape index (κ1) is 8.51. The standard InChI is InChI=1S/C10H14N2O/c1-8-5-10(13-11-8)6-9-3-4-12(2)7-9/h5-6H,3-4,7H2,1-2H3/b9-6+. The van der Waals surface area contributed by atoms with E-state index in [4.69, 9.17) is 4.52 Å². The highest BCUT2D eigenvalue weighted by atomic mass is 16.5. The van der Waals surface area contributed by atoms with Crippen LogP contribution in [0, 0.1) is 6.92 Å². The van der Waals surface area contributed by atoms with Crippen LogP contribution in [0.15, 0.2) is 16.2 Å². The normalized spacial score (nSPS) is 21.5. The summed E-state index contributed by atoms with van der Waals surface area (Å²) in [5, 5.41) is 3.84. The highest BCUT2D eigenvalue weighted by Crippen LogP contribution is 2.17. The molecule has 0 spiro atoms. The van der Waals surface area contributed by atoms with Gasteiger partial charge in [-0.15, -0.1) is 0 Å². The summed E-state index contributed by atoms with van der Waals surface area (Å²) in [5.41, 5.74) is 2.37. The molecule has 70 valence electrons. The molecule has 1 aliphatic heterocycles. The van der Waals surface area contributed by atoms with E-state index in [2.05, 4.69) is 23.2 Å². The number of aryl methyl sites for hydroxylation is 1. The Morgan fingerprint density at radius 3 is 3.00 bits per heavy atom. The Morgan fingerprint density at radius 1 is 1.62 bits per heavy atom. The maximum atomic E-state index is 5.12. The van der Waals surface area contributed by atoms with E-state index in [1.165, 1.54) is 5.57 Å². The lowest BCUT2D eigenvalue weighted by molar-refractivity contribution is 0.407. The number of hydrogen-bond acceptors (Lipinski definition) is 3. The lowest BCUT2D eigenvalue weighted by atomic mass is 10.2. The summed E-state index contributed by atoms with van der Waals surface area (Å²) in [6.07, 6.45) is 3.25. The number of nitrogens with zero attached hydrogens (tertiary/aromatic N) is 2. The van der Waals surface area contributed by atoms with E-state index in [1.54, 1.807) is 0 Å². The van der Waals surface area contributed by atoms with E-state index in [9.17, 15) is 0 Å². The first-order valence-corrected chi connectivity index (χ1v) is 4.55. The fourth-order valence-corrected chi connectivity index (χ4v) is 1.61. The van der Waals surface area contributed by atoms with Gasteiger partial charge in [-0.1, -0.05) is 10.7 Å². The highest BCUT2D eigenvalue weighted by molar-refractivity contribution is 5.48. The van der Waals surface area contributed by atoms with Crippen molar-refractivity contribution in [3.63, 3.8) is 0 Å². The van der Waals surface area contributed by atoms with Gasteiger partial charge in [-0.3, -0.25) is 0 Å². The van der Waals surface area contributed by atoms with Gasteiger partial charge in [-0.2, -0.15) is 0 Å². The summed E-state index contributed by atoms with van der Waals surface area (Å²) in [6, 6.07) is 1.96. The average Bonchev–Trinajstić information content (AvgIpc) is 2.62. The van der Waals surface area contributed by atoms with Crippen LogP contribution in [0.3, 0.4) is 0 Å². The Kier molecular flexibility index (Phi) is 2.19. The number of rotatable bonds is 1. The van der Waals surface area contributed by atoms with Crippen LogP contribution in [0.5, 0.6) is 0 Å². The summed E-state index contributed by atoms with van der Waals surface area (Å²) >= 11 is 0. The summed E-state index contributed by atoms with van der Waals surface area (Å²) in [7, 11) is 2.13. The minimum Gasteiger partial charge on any atom is -0.357 e. The molecule has 1 aromatic heterocycles. The summed E-state index contributed by atoms with van der Waals surface area (Å²) < 4.78 is 5.12. The minimum atomic E-state index is 0.878. The maximum Gasteiger partial charge on any atom is 0.159 e. The monoisotopic (exact) mass is 178 g/mol. The molecule has 0 atom stereocenters. The number of hydrogen-bond donors (Lipinski definition) is 0. The maximum absolute atomic E-state index is 5.12. The van der Waals surface area contributed by atoms with Gasteiger partial charge >= 0.3 is 0 Å². The van der Waals surface area contributed by atoms with Crippen LogP contribution in [0.2, 0.25) is 0 Å². The van der Waals surface area contributed by atoms with Crippen molar-refractivity contribution in [2.75, 3.05) is 20.1 Å². The van der Waals surface area contributed by atoms with Gasteiger partial charge < -0.3 is 9.42 Å². The van der Waals surface area contributed by atoms with Crippen molar-refractivity contribution in [2.24, 2.45) is 0 Å². The second kappa shape index (κ2) is 3.34. The second-order valence-electron chi connectivity index (χ2n) is 3.66. The van der Waals surface area contributed by atoms with E-state index in [-0.39, 0.29) is 0 Å². The Morgan fingerprint density at radius 2 is 2.46 bits per heavy atom. The summed E-state index contributed by atoms with van der Waals surface area (Å²) in [5.74, 6) is 0.878. The van der Waals surface area contributed by atoms with E-state index in [1.807, 2.05) is 13.0 Å². The van der Waals surface area contributed by atoms with Crippen LogP contribution in [0.25, 0.3) is 6.08 Å². The van der Waals surface area contributed by atoms with E-state index >= 15 is 0 Å². The molecular formula is C10H14N2O. The zero-order chi connectivity index (χ0) is 9.26. The van der Waals surface area contributed by atoms with Gasteiger partial charge in [-0.05, 0) is 26.5 Å². The fraction of sp³-hybridized carbons (Fsp3) is 0.500. The van der Waals surface area contributed by atoms with Gasteiger partial charge in [0, 0.05) is 19.2 Å². The molecule has 0 saturated carbocycles. The molecule has 0 aromatic carbocycles. The first-order chi connectivity index (χ1) is 6.24. The van der Waals surface area contributed by atoms with E-state index < -0.39 is 0 Å². The zero-order valence-corrected chi connectivity index (χ0v) is 8.08. The molecule has 0 unspecified atom stereocenters. The third-order valence-electron chi connectivity index (χ3n) is 2.28. The third kappa shape index (κ3) is 1.98. The van der Waals surface area contributed by atoms with Crippen LogP contribution >= 0.6 is 0 Å². The molecule has 0 N–H and O–H groups in total.